The van der Waals surface area contributed by atoms with E-state index in [1.54, 1.807) is 4.90 Å². The molecule has 0 saturated carbocycles. The lowest BCUT2D eigenvalue weighted by molar-refractivity contribution is -0.128. The van der Waals surface area contributed by atoms with Gasteiger partial charge in [-0.1, -0.05) is 13.5 Å². The van der Waals surface area contributed by atoms with Crippen LogP contribution in [0.15, 0.2) is 30.9 Å². The third-order valence-electron chi connectivity index (χ3n) is 8.87. The fourth-order valence-electron chi connectivity index (χ4n) is 6.37. The van der Waals surface area contributed by atoms with Crippen molar-refractivity contribution in [2.45, 2.75) is 58.1 Å². The number of anilines is 3. The van der Waals surface area contributed by atoms with Crippen LogP contribution in [0.4, 0.5) is 17.2 Å². The molecule has 3 saturated heterocycles. The smallest absolute Gasteiger partial charge is 0.246 e. The number of aldehydes is 1. The molecule has 3 fully saturated rings. The second-order valence-electron chi connectivity index (χ2n) is 11.7. The summed E-state index contributed by atoms with van der Waals surface area (Å²) in [5, 5.41) is 3.32. The summed E-state index contributed by atoms with van der Waals surface area (Å²) in [5.41, 5.74) is 4.15. The van der Waals surface area contributed by atoms with E-state index in [-0.39, 0.29) is 17.7 Å². The van der Waals surface area contributed by atoms with Gasteiger partial charge in [0.15, 0.2) is 12.1 Å². The molecular formula is C32H45N7O3. The molecule has 0 spiro atoms. The summed E-state index contributed by atoms with van der Waals surface area (Å²) in [7, 11) is 2.21. The molecule has 3 aliphatic heterocycles. The first-order valence-corrected chi connectivity index (χ1v) is 15.4. The van der Waals surface area contributed by atoms with E-state index >= 15 is 0 Å². The van der Waals surface area contributed by atoms with Crippen LogP contribution in [0.3, 0.4) is 0 Å². The van der Waals surface area contributed by atoms with Gasteiger partial charge >= 0.3 is 0 Å². The monoisotopic (exact) mass is 575 g/mol. The maximum absolute atomic E-state index is 12.1. The van der Waals surface area contributed by atoms with Crippen LogP contribution >= 0.6 is 0 Å². The van der Waals surface area contributed by atoms with E-state index in [9.17, 15) is 9.59 Å². The number of carbonyl (C=O) groups is 2. The van der Waals surface area contributed by atoms with Gasteiger partial charge in [-0.15, -0.1) is 0 Å². The highest BCUT2D eigenvalue weighted by Gasteiger charge is 2.28. The van der Waals surface area contributed by atoms with E-state index in [0.717, 1.165) is 51.0 Å². The summed E-state index contributed by atoms with van der Waals surface area (Å²) < 4.78 is 6.29. The molecule has 0 bridgehead atoms. The number of aromatic nitrogens is 2. The number of ether oxygens (including phenoxy) is 1. The number of carbonyl (C=O) groups excluding carboxylic acids is 2. The predicted octanol–water partition coefficient (Wildman–Crippen LogP) is 3.68. The van der Waals surface area contributed by atoms with Crippen LogP contribution in [-0.4, -0.2) is 108 Å². The zero-order valence-corrected chi connectivity index (χ0v) is 25.3. The molecule has 1 aromatic carbocycles. The first kappa shape index (κ1) is 30.0. The SMILES string of the molecule is C=CC(=O)N1CCC[C@@H](Oc2nc(Nc3ccc(N4CCC(N5CCN(C)CC5)CC4)c(C)c3)c(C=O)nc2CC)C1. The topological polar surface area (TPSA) is 94.1 Å². The fourth-order valence-corrected chi connectivity index (χ4v) is 6.37. The third kappa shape index (κ3) is 6.93. The number of piperidine rings is 2. The molecule has 42 heavy (non-hydrogen) atoms. The van der Waals surface area contributed by atoms with Gasteiger partial charge in [0.25, 0.3) is 0 Å². The van der Waals surface area contributed by atoms with Crippen LogP contribution < -0.4 is 15.0 Å². The van der Waals surface area contributed by atoms with E-state index < -0.39 is 0 Å². The van der Waals surface area contributed by atoms with E-state index in [0.29, 0.717) is 42.9 Å². The molecule has 1 atom stereocenters. The molecular weight excluding hydrogens is 530 g/mol. The summed E-state index contributed by atoms with van der Waals surface area (Å²) in [6.45, 7) is 15.6. The lowest BCUT2D eigenvalue weighted by Gasteiger charge is -2.43. The molecule has 0 unspecified atom stereocenters. The number of aryl methyl sites for hydroxylation is 2. The minimum absolute atomic E-state index is 0.0954. The Balaban J connectivity index is 1.26. The second-order valence-corrected chi connectivity index (χ2v) is 11.7. The zero-order chi connectivity index (χ0) is 29.6. The van der Waals surface area contributed by atoms with E-state index in [1.807, 2.05) is 13.0 Å². The summed E-state index contributed by atoms with van der Waals surface area (Å²) >= 11 is 0. The Kier molecular flexibility index (Phi) is 9.74. The van der Waals surface area contributed by atoms with Crippen LogP contribution in [0.25, 0.3) is 0 Å². The normalized spacial score (nSPS) is 20.8. The molecule has 2 aromatic rings. The van der Waals surface area contributed by atoms with Gasteiger partial charge < -0.3 is 24.8 Å². The first-order chi connectivity index (χ1) is 20.4. The number of benzene rings is 1. The van der Waals surface area contributed by atoms with Gasteiger partial charge in [-0.3, -0.25) is 14.5 Å². The minimum Gasteiger partial charge on any atom is -0.471 e. The Morgan fingerprint density at radius 2 is 1.86 bits per heavy atom. The van der Waals surface area contributed by atoms with E-state index in [1.165, 1.54) is 43.3 Å². The maximum atomic E-state index is 12.1. The van der Waals surface area contributed by atoms with Crippen molar-refractivity contribution >= 4 is 29.4 Å². The molecule has 3 aliphatic rings. The van der Waals surface area contributed by atoms with Crippen LogP contribution in [0, 0.1) is 6.92 Å². The van der Waals surface area contributed by atoms with Crippen molar-refractivity contribution < 1.29 is 14.3 Å². The fraction of sp³-hybridized carbons (Fsp3) is 0.562. The Morgan fingerprint density at radius 3 is 2.52 bits per heavy atom. The molecule has 0 aliphatic carbocycles. The molecule has 1 N–H and O–H groups in total. The van der Waals surface area contributed by atoms with Gasteiger partial charge in [0.05, 0.1) is 6.54 Å². The minimum atomic E-state index is -0.195. The Morgan fingerprint density at radius 1 is 1.10 bits per heavy atom. The number of rotatable bonds is 9. The van der Waals surface area contributed by atoms with Gasteiger partial charge in [-0.25, -0.2) is 4.98 Å². The largest absolute Gasteiger partial charge is 0.471 e. The van der Waals surface area contributed by atoms with Crippen LogP contribution in [-0.2, 0) is 11.2 Å². The zero-order valence-electron chi connectivity index (χ0n) is 25.3. The molecule has 1 amide bonds. The average molecular weight is 576 g/mol. The van der Waals surface area contributed by atoms with Crippen molar-refractivity contribution in [2.24, 2.45) is 0 Å². The number of likely N-dealkylation sites (N-methyl/N-ethyl adjacent to an activating group) is 1. The van der Waals surface area contributed by atoms with Crippen LogP contribution in [0.2, 0.25) is 0 Å². The number of amides is 1. The highest BCUT2D eigenvalue weighted by Crippen LogP contribution is 2.30. The molecule has 10 heteroatoms. The number of hydrogen-bond acceptors (Lipinski definition) is 9. The summed E-state index contributed by atoms with van der Waals surface area (Å²) in [6, 6.07) is 6.98. The predicted molar refractivity (Wildman–Crippen MR) is 166 cm³/mol. The Bertz CT molecular complexity index is 1270. The molecule has 0 radical (unpaired) electrons. The highest BCUT2D eigenvalue weighted by molar-refractivity contribution is 5.87. The standard InChI is InChI=1S/C32H45N7O3/c1-5-27-32(42-26-8-7-13-39(21-26)30(41)6-2)35-31(28(22-40)34-27)33-24-9-10-29(23(3)20-24)38-14-11-25(12-15-38)37-18-16-36(4)17-19-37/h6,9-10,20,22,25-26H,2,5,7-8,11-19,21H2,1,3-4H3,(H,33,35)/t26-/m1/s1. The number of piperazine rings is 1. The van der Waals surface area contributed by atoms with Crippen LogP contribution in [0.1, 0.15) is 54.4 Å². The lowest BCUT2D eigenvalue weighted by atomic mass is 10.0. The molecule has 10 nitrogen and oxygen atoms in total. The number of nitrogens with zero attached hydrogens (tertiary/aromatic N) is 6. The quantitative estimate of drug-likeness (QED) is 0.355. The van der Waals surface area contributed by atoms with Crippen molar-refractivity contribution in [3.63, 3.8) is 0 Å². The van der Waals surface area contributed by atoms with Gasteiger partial charge in [0.1, 0.15) is 17.5 Å². The summed E-state index contributed by atoms with van der Waals surface area (Å²) in [6.07, 6.45) is 6.49. The molecule has 1 aromatic heterocycles. The average Bonchev–Trinajstić information content (AvgIpc) is 3.01. The van der Waals surface area contributed by atoms with Gasteiger partial charge in [0.2, 0.25) is 11.8 Å². The van der Waals surface area contributed by atoms with Crippen molar-refractivity contribution in [1.29, 1.82) is 0 Å². The molecule has 4 heterocycles. The molecule has 226 valence electrons. The number of likely N-dealkylation sites (tertiary alicyclic amines) is 1. The highest BCUT2D eigenvalue weighted by atomic mass is 16.5. The van der Waals surface area contributed by atoms with Crippen LogP contribution in [0.5, 0.6) is 5.88 Å². The van der Waals surface area contributed by atoms with Crippen molar-refractivity contribution in [3.05, 3.63) is 47.8 Å². The van der Waals surface area contributed by atoms with Gasteiger partial charge in [-0.05, 0) is 75.9 Å². The maximum Gasteiger partial charge on any atom is 0.246 e. The Hall–Kier alpha value is -3.50. The van der Waals surface area contributed by atoms with E-state index in [2.05, 4.69) is 57.7 Å². The lowest BCUT2D eigenvalue weighted by Crippen LogP contribution is -2.52. The molecule has 5 rings (SSSR count). The van der Waals surface area contributed by atoms with Crippen molar-refractivity contribution in [1.82, 2.24) is 24.7 Å². The van der Waals surface area contributed by atoms with Crippen molar-refractivity contribution in [2.75, 3.05) is 69.6 Å². The van der Waals surface area contributed by atoms with Gasteiger partial charge in [-0.2, -0.15) is 4.98 Å². The first-order valence-electron chi connectivity index (χ1n) is 15.4. The number of hydrogen-bond donors (Lipinski definition) is 1. The summed E-state index contributed by atoms with van der Waals surface area (Å²) in [4.78, 5) is 42.7. The van der Waals surface area contributed by atoms with Crippen molar-refractivity contribution in [3.8, 4) is 5.88 Å². The Labute approximate surface area is 249 Å². The van der Waals surface area contributed by atoms with E-state index in [4.69, 9.17) is 9.72 Å². The third-order valence-corrected chi connectivity index (χ3v) is 8.87. The summed E-state index contributed by atoms with van der Waals surface area (Å²) in [5.74, 6) is 0.675. The van der Waals surface area contributed by atoms with Gasteiger partial charge in [0, 0.05) is 63.2 Å². The number of nitrogens with one attached hydrogen (secondary N) is 1. The second kappa shape index (κ2) is 13.6.